The van der Waals surface area contributed by atoms with E-state index >= 15 is 0 Å². The van der Waals surface area contributed by atoms with Crippen molar-refractivity contribution in [2.24, 2.45) is 0 Å². The highest BCUT2D eigenvalue weighted by Crippen LogP contribution is 2.18. The van der Waals surface area contributed by atoms with Gasteiger partial charge in [0.05, 0.1) is 7.11 Å². The molecule has 1 aromatic heterocycles. The normalized spacial score (nSPS) is 13.1. The molecule has 9 nitrogen and oxygen atoms in total. The maximum atomic E-state index is 13.5. The molecule has 2 aromatic rings. The Kier molecular flexibility index (Phi) is 7.57. The van der Waals surface area contributed by atoms with Crippen LogP contribution in [0, 0.1) is 0 Å². The molecule has 2 amide bonds. The molecule has 162 valence electrons. The Labute approximate surface area is 175 Å². The third-order valence-electron chi connectivity index (χ3n) is 4.17. The predicted molar refractivity (Wildman–Crippen MR) is 111 cm³/mol. The number of anilines is 1. The number of ether oxygens (including phenoxy) is 2. The van der Waals surface area contributed by atoms with Gasteiger partial charge in [0.15, 0.2) is 5.82 Å². The standard InChI is InChI=1S/C21H28N4O5/c1-14(19(27)29-5)25(17-11-12-22-24-17)18(26)16(13-15-9-7-6-8-10-15)23-20(28)30-21(2,3)4/h6-12,14,16H,13H2,1-5H3,(H,22,24)(H,23,28)/t14-,16-/m0/s1. The highest BCUT2D eigenvalue weighted by atomic mass is 16.6. The zero-order valence-corrected chi connectivity index (χ0v) is 17.8. The predicted octanol–water partition coefficient (Wildman–Crippen LogP) is 2.44. The minimum atomic E-state index is -0.994. The smallest absolute Gasteiger partial charge is 0.408 e. The van der Waals surface area contributed by atoms with E-state index in [1.807, 2.05) is 30.3 Å². The summed E-state index contributed by atoms with van der Waals surface area (Å²) in [5.74, 6) is -0.890. The topological polar surface area (TPSA) is 114 Å². The van der Waals surface area contributed by atoms with Crippen LogP contribution in [-0.4, -0.2) is 53.0 Å². The molecule has 9 heteroatoms. The van der Waals surface area contributed by atoms with Crippen molar-refractivity contribution >= 4 is 23.8 Å². The number of aromatic amines is 1. The zero-order chi connectivity index (χ0) is 22.3. The molecule has 0 saturated carbocycles. The fourth-order valence-electron chi connectivity index (χ4n) is 2.83. The monoisotopic (exact) mass is 416 g/mol. The number of methoxy groups -OCH3 is 1. The molecule has 1 heterocycles. The Morgan fingerprint density at radius 1 is 1.17 bits per heavy atom. The number of carbonyl (C=O) groups excluding carboxylic acids is 3. The number of aromatic nitrogens is 2. The van der Waals surface area contributed by atoms with E-state index in [1.54, 1.807) is 26.8 Å². The maximum absolute atomic E-state index is 13.5. The average Bonchev–Trinajstić information content (AvgIpc) is 3.20. The number of carbonyl (C=O) groups is 3. The van der Waals surface area contributed by atoms with Gasteiger partial charge in [-0.3, -0.25) is 14.8 Å². The third kappa shape index (κ3) is 6.33. The number of hydrogen-bond acceptors (Lipinski definition) is 6. The number of hydrogen-bond donors (Lipinski definition) is 2. The lowest BCUT2D eigenvalue weighted by Gasteiger charge is -2.30. The fourth-order valence-corrected chi connectivity index (χ4v) is 2.83. The van der Waals surface area contributed by atoms with Crippen molar-refractivity contribution in [2.45, 2.75) is 51.8 Å². The van der Waals surface area contributed by atoms with Gasteiger partial charge in [-0.15, -0.1) is 0 Å². The molecule has 0 aliphatic carbocycles. The third-order valence-corrected chi connectivity index (χ3v) is 4.17. The maximum Gasteiger partial charge on any atom is 0.408 e. The molecule has 1 aromatic carbocycles. The van der Waals surface area contributed by atoms with Gasteiger partial charge in [-0.25, -0.2) is 9.59 Å². The van der Waals surface area contributed by atoms with E-state index in [4.69, 9.17) is 9.47 Å². The van der Waals surface area contributed by atoms with E-state index in [-0.39, 0.29) is 12.2 Å². The molecule has 0 fully saturated rings. The van der Waals surface area contributed by atoms with Crippen LogP contribution in [-0.2, 0) is 25.5 Å². The van der Waals surface area contributed by atoms with Gasteiger partial charge in [0.1, 0.15) is 17.7 Å². The second-order valence-corrected chi connectivity index (χ2v) is 7.73. The fraction of sp³-hybridized carbons (Fsp3) is 0.429. The van der Waals surface area contributed by atoms with Crippen LogP contribution in [0.3, 0.4) is 0 Å². The lowest BCUT2D eigenvalue weighted by atomic mass is 10.0. The number of nitrogens with zero attached hydrogens (tertiary/aromatic N) is 2. The van der Waals surface area contributed by atoms with Crippen molar-refractivity contribution in [3.63, 3.8) is 0 Å². The number of amides is 2. The number of rotatable bonds is 7. The summed E-state index contributed by atoms with van der Waals surface area (Å²) in [7, 11) is 1.24. The van der Waals surface area contributed by atoms with Crippen molar-refractivity contribution in [1.82, 2.24) is 15.5 Å². The molecule has 0 unspecified atom stereocenters. The van der Waals surface area contributed by atoms with Crippen molar-refractivity contribution in [1.29, 1.82) is 0 Å². The Bertz CT molecular complexity index is 846. The summed E-state index contributed by atoms with van der Waals surface area (Å²) in [4.78, 5) is 39.3. The van der Waals surface area contributed by atoms with Gasteiger partial charge in [-0.2, -0.15) is 5.10 Å². The molecule has 2 N–H and O–H groups in total. The highest BCUT2D eigenvalue weighted by Gasteiger charge is 2.35. The Morgan fingerprint density at radius 2 is 1.83 bits per heavy atom. The largest absolute Gasteiger partial charge is 0.467 e. The van der Waals surface area contributed by atoms with Gasteiger partial charge in [-0.05, 0) is 33.3 Å². The number of nitrogens with one attached hydrogen (secondary N) is 2. The quantitative estimate of drug-likeness (QED) is 0.670. The van der Waals surface area contributed by atoms with E-state index in [9.17, 15) is 14.4 Å². The van der Waals surface area contributed by atoms with Gasteiger partial charge in [0.2, 0.25) is 0 Å². The minimum absolute atomic E-state index is 0.202. The van der Waals surface area contributed by atoms with Gasteiger partial charge in [-0.1, -0.05) is 30.3 Å². The average molecular weight is 416 g/mol. The molecule has 0 aliphatic heterocycles. The van der Waals surface area contributed by atoms with Crippen LogP contribution in [0.1, 0.15) is 33.3 Å². The first-order chi connectivity index (χ1) is 14.1. The molecule has 0 saturated heterocycles. The summed E-state index contributed by atoms with van der Waals surface area (Å²) in [5.41, 5.74) is 0.102. The SMILES string of the molecule is COC(=O)[C@H](C)N(C(=O)[C@H](Cc1ccccc1)NC(=O)OC(C)(C)C)c1cc[nH]n1. The molecule has 2 rings (SSSR count). The first kappa shape index (κ1) is 22.9. The van der Waals surface area contributed by atoms with E-state index < -0.39 is 35.7 Å². The number of alkyl carbamates (subject to hydrolysis) is 1. The molecule has 0 bridgehead atoms. The van der Waals surface area contributed by atoms with Crippen LogP contribution in [0.4, 0.5) is 10.6 Å². The van der Waals surface area contributed by atoms with Crippen molar-refractivity contribution in [3.8, 4) is 0 Å². The van der Waals surface area contributed by atoms with E-state index in [1.165, 1.54) is 25.1 Å². The molecule has 30 heavy (non-hydrogen) atoms. The molecule has 0 spiro atoms. The number of benzene rings is 1. The van der Waals surface area contributed by atoms with Gasteiger partial charge in [0, 0.05) is 18.7 Å². The van der Waals surface area contributed by atoms with Crippen LogP contribution in [0.15, 0.2) is 42.6 Å². The first-order valence-electron chi connectivity index (χ1n) is 9.56. The lowest BCUT2D eigenvalue weighted by Crippen LogP contribution is -2.55. The highest BCUT2D eigenvalue weighted by molar-refractivity contribution is 6.02. The molecule has 0 radical (unpaired) electrons. The zero-order valence-electron chi connectivity index (χ0n) is 17.8. The van der Waals surface area contributed by atoms with E-state index in [0.29, 0.717) is 0 Å². The molecule has 2 atom stereocenters. The van der Waals surface area contributed by atoms with Gasteiger partial charge >= 0.3 is 12.1 Å². The van der Waals surface area contributed by atoms with E-state index in [0.717, 1.165) is 5.56 Å². The summed E-state index contributed by atoms with van der Waals surface area (Å²) in [6.45, 7) is 6.73. The van der Waals surface area contributed by atoms with Crippen LogP contribution >= 0.6 is 0 Å². The lowest BCUT2D eigenvalue weighted by molar-refractivity contribution is -0.143. The summed E-state index contributed by atoms with van der Waals surface area (Å²) < 4.78 is 10.1. The van der Waals surface area contributed by atoms with Gasteiger partial charge < -0.3 is 14.8 Å². The van der Waals surface area contributed by atoms with Gasteiger partial charge in [0.25, 0.3) is 5.91 Å². The Morgan fingerprint density at radius 3 is 2.37 bits per heavy atom. The summed E-state index contributed by atoms with van der Waals surface area (Å²) in [6, 6.07) is 8.84. The number of H-pyrrole nitrogens is 1. The van der Waals surface area contributed by atoms with Crippen LogP contribution in [0.5, 0.6) is 0 Å². The van der Waals surface area contributed by atoms with Crippen LogP contribution < -0.4 is 10.2 Å². The Balaban J connectivity index is 2.36. The molecular weight excluding hydrogens is 388 g/mol. The van der Waals surface area contributed by atoms with Crippen LogP contribution in [0.2, 0.25) is 0 Å². The Hall–Kier alpha value is -3.36. The first-order valence-corrected chi connectivity index (χ1v) is 9.56. The second kappa shape index (κ2) is 9.91. The minimum Gasteiger partial charge on any atom is -0.467 e. The van der Waals surface area contributed by atoms with Crippen LogP contribution in [0.25, 0.3) is 0 Å². The molecular formula is C21H28N4O5. The second-order valence-electron chi connectivity index (χ2n) is 7.73. The summed E-state index contributed by atoms with van der Waals surface area (Å²) in [5, 5.41) is 9.29. The van der Waals surface area contributed by atoms with Crippen molar-refractivity contribution in [2.75, 3.05) is 12.0 Å². The van der Waals surface area contributed by atoms with E-state index in [2.05, 4.69) is 15.5 Å². The number of esters is 1. The van der Waals surface area contributed by atoms with Crippen molar-refractivity contribution in [3.05, 3.63) is 48.2 Å². The molecule has 0 aliphatic rings. The summed E-state index contributed by atoms with van der Waals surface area (Å²) >= 11 is 0. The van der Waals surface area contributed by atoms with Crippen molar-refractivity contribution < 1.29 is 23.9 Å². The summed E-state index contributed by atoms with van der Waals surface area (Å²) in [6.07, 6.45) is 1.00.